The van der Waals surface area contributed by atoms with Gasteiger partial charge < -0.3 is 9.67 Å². The van der Waals surface area contributed by atoms with Crippen LogP contribution in [0.1, 0.15) is 63.9 Å². The molecule has 2 rings (SSSR count). The summed E-state index contributed by atoms with van der Waals surface area (Å²) in [7, 11) is 0. The summed E-state index contributed by atoms with van der Waals surface area (Å²) in [6, 6.07) is 4.14. The lowest BCUT2D eigenvalue weighted by atomic mass is 10.0. The molecule has 2 atom stereocenters. The summed E-state index contributed by atoms with van der Waals surface area (Å²) in [5.74, 6) is 7.10. The van der Waals surface area contributed by atoms with Gasteiger partial charge in [0.25, 0.3) is 0 Å². The zero-order valence-electron chi connectivity index (χ0n) is 16.4. The number of hydrogen-bond acceptors (Lipinski definition) is 4. The van der Waals surface area contributed by atoms with Crippen LogP contribution in [0.3, 0.4) is 0 Å². The van der Waals surface area contributed by atoms with Crippen LogP contribution >= 0.6 is 0 Å². The maximum absolute atomic E-state index is 10.3. The van der Waals surface area contributed by atoms with Crippen molar-refractivity contribution >= 4 is 6.08 Å². The number of aromatic amines is 1. The van der Waals surface area contributed by atoms with Gasteiger partial charge in [-0.3, -0.25) is 0 Å². The molecule has 0 saturated heterocycles. The maximum Gasteiger partial charge on any atom is 0.174 e. The Labute approximate surface area is 162 Å². The van der Waals surface area contributed by atoms with Gasteiger partial charge in [-0.25, -0.2) is 0 Å². The van der Waals surface area contributed by atoms with Crippen LogP contribution < -0.4 is 0 Å². The van der Waals surface area contributed by atoms with Crippen LogP contribution in [0.2, 0.25) is 0 Å². The number of aliphatic hydroxyl groups excluding tert-OH is 1. The molecule has 0 radical (unpaired) electrons. The minimum Gasteiger partial charge on any atom is -0.389 e. The van der Waals surface area contributed by atoms with Crippen LogP contribution in [-0.2, 0) is 13.0 Å². The average Bonchev–Trinajstić information content (AvgIpc) is 3.34. The second kappa shape index (κ2) is 12.1. The van der Waals surface area contributed by atoms with Gasteiger partial charge in [0.15, 0.2) is 5.82 Å². The highest BCUT2D eigenvalue weighted by molar-refractivity contribution is 5.46. The first-order valence-corrected chi connectivity index (χ1v) is 9.90. The molecule has 0 bridgehead atoms. The van der Waals surface area contributed by atoms with Gasteiger partial charge in [-0.2, -0.15) is 5.21 Å². The van der Waals surface area contributed by atoms with E-state index in [1.165, 1.54) is 6.42 Å². The van der Waals surface area contributed by atoms with Gasteiger partial charge >= 0.3 is 0 Å². The second-order valence-electron chi connectivity index (χ2n) is 6.86. The Balaban J connectivity index is 1.69. The molecule has 146 valence electrons. The van der Waals surface area contributed by atoms with E-state index in [1.807, 2.05) is 26.0 Å². The minimum absolute atomic E-state index is 0.142. The predicted molar refractivity (Wildman–Crippen MR) is 108 cm³/mol. The van der Waals surface area contributed by atoms with Crippen molar-refractivity contribution in [2.75, 3.05) is 0 Å². The number of aryl methyl sites for hydroxylation is 2. The molecular formula is C21H31N5O. The molecule has 27 heavy (non-hydrogen) atoms. The molecule has 0 spiro atoms. The van der Waals surface area contributed by atoms with Crippen LogP contribution in [0.25, 0.3) is 6.08 Å². The monoisotopic (exact) mass is 369 g/mol. The summed E-state index contributed by atoms with van der Waals surface area (Å²) >= 11 is 0. The number of rotatable bonds is 11. The molecule has 2 N–H and O–H groups in total. The molecule has 2 heterocycles. The third kappa shape index (κ3) is 7.79. The molecule has 0 unspecified atom stereocenters. The van der Waals surface area contributed by atoms with Crippen molar-refractivity contribution in [3.05, 3.63) is 35.9 Å². The number of tetrazole rings is 1. The Morgan fingerprint density at radius 3 is 2.89 bits per heavy atom. The summed E-state index contributed by atoms with van der Waals surface area (Å²) in [6.07, 6.45) is 12.6. The van der Waals surface area contributed by atoms with Gasteiger partial charge in [-0.1, -0.05) is 38.0 Å². The molecule has 2 aromatic rings. The number of aliphatic hydroxyl groups is 1. The largest absolute Gasteiger partial charge is 0.389 e. The third-order valence-corrected chi connectivity index (χ3v) is 4.58. The van der Waals surface area contributed by atoms with Gasteiger partial charge in [0.1, 0.15) is 0 Å². The fourth-order valence-electron chi connectivity index (χ4n) is 2.86. The zero-order chi connectivity index (χ0) is 19.3. The van der Waals surface area contributed by atoms with E-state index in [-0.39, 0.29) is 5.92 Å². The summed E-state index contributed by atoms with van der Waals surface area (Å²) < 4.78 is 2.24. The van der Waals surface area contributed by atoms with Crippen molar-refractivity contribution in [1.82, 2.24) is 25.2 Å². The number of hydrogen-bond donors (Lipinski definition) is 2. The van der Waals surface area contributed by atoms with E-state index in [1.54, 1.807) is 0 Å². The summed E-state index contributed by atoms with van der Waals surface area (Å²) in [6.45, 7) is 5.06. The zero-order valence-corrected chi connectivity index (χ0v) is 16.4. The lowest BCUT2D eigenvalue weighted by Crippen LogP contribution is -2.14. The number of aromatic nitrogens is 5. The molecule has 0 saturated carbocycles. The predicted octanol–water partition coefficient (Wildman–Crippen LogP) is 3.62. The van der Waals surface area contributed by atoms with Crippen LogP contribution in [0.15, 0.2) is 24.4 Å². The molecule has 2 aromatic heterocycles. The Morgan fingerprint density at radius 2 is 2.11 bits per heavy atom. The first-order valence-electron chi connectivity index (χ1n) is 9.90. The highest BCUT2D eigenvalue weighted by Gasteiger charge is 2.09. The molecule has 6 heteroatoms. The highest BCUT2D eigenvalue weighted by atomic mass is 16.3. The van der Waals surface area contributed by atoms with Crippen molar-refractivity contribution in [2.45, 2.75) is 71.4 Å². The van der Waals surface area contributed by atoms with Gasteiger partial charge in [0.2, 0.25) is 0 Å². The summed E-state index contributed by atoms with van der Waals surface area (Å²) in [4.78, 5) is 0. The van der Waals surface area contributed by atoms with E-state index >= 15 is 0 Å². The Kier molecular flexibility index (Phi) is 9.36. The summed E-state index contributed by atoms with van der Waals surface area (Å²) in [5.41, 5.74) is 1.13. The highest BCUT2D eigenvalue weighted by Crippen LogP contribution is 2.13. The fraction of sp³-hybridized carbons (Fsp3) is 0.571. The molecule has 0 fully saturated rings. The van der Waals surface area contributed by atoms with E-state index in [0.29, 0.717) is 0 Å². The minimum atomic E-state index is -0.468. The van der Waals surface area contributed by atoms with Crippen molar-refractivity contribution in [3.63, 3.8) is 0 Å². The van der Waals surface area contributed by atoms with Crippen molar-refractivity contribution in [1.29, 1.82) is 0 Å². The topological polar surface area (TPSA) is 79.6 Å². The van der Waals surface area contributed by atoms with Crippen LogP contribution in [0.5, 0.6) is 0 Å². The lowest BCUT2D eigenvalue weighted by molar-refractivity contribution is 0.165. The van der Waals surface area contributed by atoms with Crippen molar-refractivity contribution in [3.8, 4) is 11.8 Å². The molecule has 0 aliphatic heterocycles. The molecule has 0 amide bonds. The number of nitrogens with zero attached hydrogens (tertiary/aromatic N) is 4. The van der Waals surface area contributed by atoms with Gasteiger partial charge in [-0.15, -0.1) is 22.0 Å². The molecule has 0 aromatic carbocycles. The molecular weight excluding hydrogens is 338 g/mol. The number of unbranched alkanes of at least 4 members (excludes halogenated alkanes) is 3. The number of nitrogens with one attached hydrogen (secondary N) is 1. The third-order valence-electron chi connectivity index (χ3n) is 4.58. The van der Waals surface area contributed by atoms with Crippen molar-refractivity contribution < 1.29 is 5.11 Å². The lowest BCUT2D eigenvalue weighted by Gasteiger charge is -2.12. The Hall–Kier alpha value is -2.39. The van der Waals surface area contributed by atoms with E-state index < -0.39 is 6.10 Å². The van der Waals surface area contributed by atoms with E-state index in [9.17, 15) is 5.11 Å². The first kappa shape index (κ1) is 20.9. The van der Waals surface area contributed by atoms with Gasteiger partial charge in [-0.05, 0) is 37.0 Å². The smallest absolute Gasteiger partial charge is 0.174 e. The Morgan fingerprint density at radius 1 is 1.26 bits per heavy atom. The van der Waals surface area contributed by atoms with Gasteiger partial charge in [0, 0.05) is 37.7 Å². The fourth-order valence-corrected chi connectivity index (χ4v) is 2.86. The summed E-state index contributed by atoms with van der Waals surface area (Å²) in [5, 5.41) is 24.3. The quantitative estimate of drug-likeness (QED) is 0.468. The van der Waals surface area contributed by atoms with Crippen LogP contribution in [0.4, 0.5) is 0 Å². The first-order chi connectivity index (χ1) is 13.2. The van der Waals surface area contributed by atoms with Crippen molar-refractivity contribution in [2.24, 2.45) is 5.92 Å². The standard InChI is InChI=1S/C21H31N5O/c1-3-4-7-11-18(2)20(27)15-14-19-12-10-17-26(19)16-9-6-5-8-13-21-22-24-25-23-21/h10,12,14-15,17-18,20,27H,3,5-6,8-9,11,13,16H2,1-2H3,(H,22,23,24,25)/b15-14+/t18-,20+/m0/s1. The normalized spacial score (nSPS) is 13.4. The van der Waals surface area contributed by atoms with Crippen LogP contribution in [-0.4, -0.2) is 36.4 Å². The van der Waals surface area contributed by atoms with Crippen LogP contribution in [0, 0.1) is 17.8 Å². The van der Waals surface area contributed by atoms with Gasteiger partial charge in [0.05, 0.1) is 6.10 Å². The van der Waals surface area contributed by atoms with E-state index in [2.05, 4.69) is 55.4 Å². The SMILES string of the molecule is CCC#CC[C@H](C)[C@H](O)/C=C/c1cccn1CCCCCCc1nn[nH]n1. The number of H-pyrrole nitrogens is 1. The second-order valence-corrected chi connectivity index (χ2v) is 6.86. The van der Waals surface area contributed by atoms with E-state index in [0.717, 1.165) is 56.6 Å². The maximum atomic E-state index is 10.3. The molecule has 6 nitrogen and oxygen atoms in total. The van der Waals surface area contributed by atoms with E-state index in [4.69, 9.17) is 0 Å². The average molecular weight is 370 g/mol. The Bertz CT molecular complexity index is 723. The molecule has 0 aliphatic carbocycles. The molecule has 0 aliphatic rings.